The maximum absolute atomic E-state index is 12.7. The SMILES string of the molecule is C[C@H]1CN(Cc2ccccc2)CC[C@H]1N(C)C(=O)c1ccc(CN)o1. The van der Waals surface area contributed by atoms with E-state index in [9.17, 15) is 4.79 Å². The van der Waals surface area contributed by atoms with Gasteiger partial charge < -0.3 is 15.1 Å². The number of nitrogens with two attached hydrogens (primary N) is 1. The average Bonchev–Trinajstić information content (AvgIpc) is 3.11. The lowest BCUT2D eigenvalue weighted by atomic mass is 9.92. The zero-order valence-electron chi connectivity index (χ0n) is 15.0. The molecule has 1 aromatic heterocycles. The lowest BCUT2D eigenvalue weighted by Crippen LogP contribution is -2.50. The number of hydrogen-bond acceptors (Lipinski definition) is 4. The topological polar surface area (TPSA) is 62.7 Å². The number of carbonyl (C=O) groups is 1. The van der Waals surface area contributed by atoms with Crippen LogP contribution in [0.2, 0.25) is 0 Å². The Morgan fingerprint density at radius 3 is 2.68 bits per heavy atom. The molecule has 0 unspecified atom stereocenters. The third-order valence-electron chi connectivity index (χ3n) is 5.08. The Balaban J connectivity index is 1.59. The molecule has 1 fully saturated rings. The Bertz CT molecular complexity index is 698. The summed E-state index contributed by atoms with van der Waals surface area (Å²) < 4.78 is 5.52. The third-order valence-corrected chi connectivity index (χ3v) is 5.08. The van der Waals surface area contributed by atoms with E-state index in [-0.39, 0.29) is 11.9 Å². The molecule has 1 aromatic carbocycles. The van der Waals surface area contributed by atoms with E-state index >= 15 is 0 Å². The molecule has 5 nitrogen and oxygen atoms in total. The van der Waals surface area contributed by atoms with Crippen molar-refractivity contribution in [2.45, 2.75) is 32.5 Å². The molecule has 0 radical (unpaired) electrons. The molecule has 25 heavy (non-hydrogen) atoms. The summed E-state index contributed by atoms with van der Waals surface area (Å²) in [6, 6.07) is 14.3. The predicted molar refractivity (Wildman–Crippen MR) is 98.0 cm³/mol. The van der Waals surface area contributed by atoms with Gasteiger partial charge in [-0.2, -0.15) is 0 Å². The Hall–Kier alpha value is -2.11. The summed E-state index contributed by atoms with van der Waals surface area (Å²) in [5.74, 6) is 1.37. The first-order chi connectivity index (χ1) is 12.1. The van der Waals surface area contributed by atoms with E-state index in [4.69, 9.17) is 10.2 Å². The summed E-state index contributed by atoms with van der Waals surface area (Å²) in [5, 5.41) is 0. The second kappa shape index (κ2) is 7.85. The van der Waals surface area contributed by atoms with Crippen molar-refractivity contribution >= 4 is 5.91 Å². The maximum atomic E-state index is 12.7. The highest BCUT2D eigenvalue weighted by Gasteiger charge is 2.32. The Morgan fingerprint density at radius 1 is 1.28 bits per heavy atom. The van der Waals surface area contributed by atoms with Gasteiger partial charge in [-0.3, -0.25) is 9.69 Å². The molecule has 5 heteroatoms. The van der Waals surface area contributed by atoms with Gasteiger partial charge in [-0.15, -0.1) is 0 Å². The van der Waals surface area contributed by atoms with Crippen molar-refractivity contribution in [3.05, 3.63) is 59.5 Å². The van der Waals surface area contributed by atoms with E-state index in [1.807, 2.05) is 18.0 Å². The van der Waals surface area contributed by atoms with Gasteiger partial charge in [-0.25, -0.2) is 0 Å². The van der Waals surface area contributed by atoms with Gasteiger partial charge >= 0.3 is 0 Å². The first kappa shape index (κ1) is 17.7. The van der Waals surface area contributed by atoms with Gasteiger partial charge in [0, 0.05) is 32.7 Å². The molecule has 3 rings (SSSR count). The van der Waals surface area contributed by atoms with Crippen LogP contribution in [0.4, 0.5) is 0 Å². The Labute approximate surface area is 149 Å². The van der Waals surface area contributed by atoms with Crippen molar-refractivity contribution in [2.24, 2.45) is 11.7 Å². The van der Waals surface area contributed by atoms with E-state index in [1.165, 1.54) is 5.56 Å². The summed E-state index contributed by atoms with van der Waals surface area (Å²) >= 11 is 0. The third kappa shape index (κ3) is 4.11. The first-order valence-corrected chi connectivity index (χ1v) is 8.90. The van der Waals surface area contributed by atoms with Crippen molar-refractivity contribution in [3.8, 4) is 0 Å². The molecule has 2 heterocycles. The van der Waals surface area contributed by atoms with Gasteiger partial charge in [0.1, 0.15) is 5.76 Å². The van der Waals surface area contributed by atoms with Crippen LogP contribution >= 0.6 is 0 Å². The first-order valence-electron chi connectivity index (χ1n) is 8.90. The zero-order chi connectivity index (χ0) is 17.8. The second-order valence-electron chi connectivity index (χ2n) is 6.94. The Kier molecular flexibility index (Phi) is 5.56. The summed E-state index contributed by atoms with van der Waals surface area (Å²) in [5.41, 5.74) is 6.89. The van der Waals surface area contributed by atoms with Crippen molar-refractivity contribution in [2.75, 3.05) is 20.1 Å². The summed E-state index contributed by atoms with van der Waals surface area (Å²) in [6.45, 7) is 5.48. The quantitative estimate of drug-likeness (QED) is 0.908. The van der Waals surface area contributed by atoms with Crippen LogP contribution in [-0.2, 0) is 13.1 Å². The number of amides is 1. The van der Waals surface area contributed by atoms with E-state index < -0.39 is 0 Å². The molecule has 0 aliphatic carbocycles. The molecule has 2 N–H and O–H groups in total. The molecular formula is C20H27N3O2. The van der Waals surface area contributed by atoms with Crippen LogP contribution in [0.15, 0.2) is 46.9 Å². The lowest BCUT2D eigenvalue weighted by molar-refractivity contribution is 0.0470. The molecule has 134 valence electrons. The Morgan fingerprint density at radius 2 is 2.04 bits per heavy atom. The molecule has 2 atom stereocenters. The zero-order valence-corrected chi connectivity index (χ0v) is 15.0. The molecule has 0 bridgehead atoms. The van der Waals surface area contributed by atoms with Crippen LogP contribution in [0.1, 0.15) is 35.2 Å². The number of benzene rings is 1. The van der Waals surface area contributed by atoms with Crippen LogP contribution < -0.4 is 5.73 Å². The molecule has 1 aliphatic rings. The van der Waals surface area contributed by atoms with Crippen LogP contribution in [-0.4, -0.2) is 41.9 Å². The minimum Gasteiger partial charge on any atom is -0.455 e. The van der Waals surface area contributed by atoms with Crippen LogP contribution in [0.25, 0.3) is 0 Å². The normalized spacial score (nSPS) is 21.2. The van der Waals surface area contributed by atoms with Crippen molar-refractivity contribution < 1.29 is 9.21 Å². The summed E-state index contributed by atoms with van der Waals surface area (Å²) in [6.07, 6.45) is 0.973. The fourth-order valence-electron chi connectivity index (χ4n) is 3.71. The highest BCUT2D eigenvalue weighted by Crippen LogP contribution is 2.24. The van der Waals surface area contributed by atoms with Crippen LogP contribution in [0.3, 0.4) is 0 Å². The van der Waals surface area contributed by atoms with Gasteiger partial charge in [0.15, 0.2) is 5.76 Å². The van der Waals surface area contributed by atoms with Crippen LogP contribution in [0.5, 0.6) is 0 Å². The molecule has 1 aliphatic heterocycles. The number of furan rings is 1. The molecule has 0 saturated carbocycles. The molecule has 1 saturated heterocycles. The van der Waals surface area contributed by atoms with E-state index in [1.54, 1.807) is 12.1 Å². The van der Waals surface area contributed by atoms with Gasteiger partial charge in [0.25, 0.3) is 5.91 Å². The van der Waals surface area contributed by atoms with Crippen LogP contribution in [0, 0.1) is 5.92 Å². The predicted octanol–water partition coefficient (Wildman–Crippen LogP) is 2.72. The van der Waals surface area contributed by atoms with Gasteiger partial charge in [0.2, 0.25) is 0 Å². The van der Waals surface area contributed by atoms with Crippen molar-refractivity contribution in [3.63, 3.8) is 0 Å². The number of nitrogens with zero attached hydrogens (tertiary/aromatic N) is 2. The highest BCUT2D eigenvalue weighted by molar-refractivity contribution is 5.91. The van der Waals surface area contributed by atoms with Crippen molar-refractivity contribution in [1.82, 2.24) is 9.80 Å². The smallest absolute Gasteiger partial charge is 0.289 e. The number of rotatable bonds is 5. The number of carbonyl (C=O) groups excluding carboxylic acids is 1. The number of hydrogen-bond donors (Lipinski definition) is 1. The summed E-state index contributed by atoms with van der Waals surface area (Å²) in [7, 11) is 1.88. The maximum Gasteiger partial charge on any atom is 0.289 e. The van der Waals surface area contributed by atoms with E-state index in [0.29, 0.717) is 24.0 Å². The second-order valence-corrected chi connectivity index (χ2v) is 6.94. The van der Waals surface area contributed by atoms with Crippen molar-refractivity contribution in [1.29, 1.82) is 0 Å². The molecular weight excluding hydrogens is 314 g/mol. The van der Waals surface area contributed by atoms with Gasteiger partial charge in [-0.05, 0) is 30.0 Å². The van der Waals surface area contributed by atoms with Gasteiger partial charge in [-0.1, -0.05) is 37.3 Å². The fraction of sp³-hybridized carbons (Fsp3) is 0.450. The molecule has 2 aromatic rings. The van der Waals surface area contributed by atoms with Gasteiger partial charge in [0.05, 0.1) is 6.54 Å². The average molecular weight is 341 g/mol. The molecule has 0 spiro atoms. The number of likely N-dealkylation sites (tertiary alicyclic amines) is 1. The minimum atomic E-state index is -0.0620. The fourth-order valence-corrected chi connectivity index (χ4v) is 3.71. The minimum absolute atomic E-state index is 0.0620. The summed E-state index contributed by atoms with van der Waals surface area (Å²) in [4.78, 5) is 17.0. The lowest BCUT2D eigenvalue weighted by Gasteiger charge is -2.41. The van der Waals surface area contributed by atoms with E-state index in [0.717, 1.165) is 26.1 Å². The monoisotopic (exact) mass is 341 g/mol. The van der Waals surface area contributed by atoms with E-state index in [2.05, 4.69) is 36.1 Å². The number of piperidine rings is 1. The standard InChI is InChI=1S/C20H27N3O2/c1-15-13-23(14-16-6-4-3-5-7-16)11-10-18(15)22(2)20(24)19-9-8-17(12-21)25-19/h3-9,15,18H,10-14,21H2,1-2H3/t15-,18+/m0/s1. The largest absolute Gasteiger partial charge is 0.455 e. The highest BCUT2D eigenvalue weighted by atomic mass is 16.4. The molecule has 1 amide bonds.